The number of amides is 1. The van der Waals surface area contributed by atoms with Crippen molar-refractivity contribution in [1.29, 1.82) is 0 Å². The molecule has 1 saturated carbocycles. The molecule has 0 aromatic carbocycles. The summed E-state index contributed by atoms with van der Waals surface area (Å²) in [6.07, 6.45) is 2.99. The maximum absolute atomic E-state index is 12.3. The van der Waals surface area contributed by atoms with Crippen molar-refractivity contribution in [2.75, 3.05) is 0 Å². The Kier molecular flexibility index (Phi) is 3.73. The number of nitrogens with zero attached hydrogens (tertiary/aromatic N) is 2. The van der Waals surface area contributed by atoms with Crippen LogP contribution in [0.1, 0.15) is 37.1 Å². The molecule has 0 aliphatic heterocycles. The van der Waals surface area contributed by atoms with Gasteiger partial charge in [-0.3, -0.25) is 4.79 Å². The first kappa shape index (κ1) is 13.4. The van der Waals surface area contributed by atoms with Crippen molar-refractivity contribution in [3.8, 4) is 0 Å². The Bertz CT molecular complexity index is 489. The number of oxime groups is 1. The predicted molar refractivity (Wildman–Crippen MR) is 67.4 cm³/mol. The highest BCUT2D eigenvalue weighted by atomic mass is 16.5. The van der Waals surface area contributed by atoms with Gasteiger partial charge < -0.3 is 20.8 Å². The highest BCUT2D eigenvalue weighted by Gasteiger charge is 2.45. The van der Waals surface area contributed by atoms with E-state index in [1.54, 1.807) is 6.07 Å². The highest BCUT2D eigenvalue weighted by Crippen LogP contribution is 2.38. The van der Waals surface area contributed by atoms with Crippen LogP contribution in [-0.2, 0) is 11.3 Å². The van der Waals surface area contributed by atoms with Gasteiger partial charge in [-0.1, -0.05) is 23.2 Å². The first-order valence-electron chi connectivity index (χ1n) is 6.27. The van der Waals surface area contributed by atoms with Gasteiger partial charge in [0.05, 0.1) is 12.2 Å². The minimum atomic E-state index is -0.885. The van der Waals surface area contributed by atoms with Crippen LogP contribution in [0, 0.1) is 12.3 Å². The molecule has 0 radical (unpaired) electrons. The molecule has 1 amide bonds. The first-order chi connectivity index (χ1) is 9.08. The third-order valence-corrected chi connectivity index (χ3v) is 3.59. The topological polar surface area (TPSA) is 114 Å². The van der Waals surface area contributed by atoms with Crippen molar-refractivity contribution in [2.45, 2.75) is 39.2 Å². The van der Waals surface area contributed by atoms with Gasteiger partial charge in [0, 0.05) is 6.07 Å². The lowest BCUT2D eigenvalue weighted by Crippen LogP contribution is -2.48. The molecule has 0 saturated heterocycles. The molecule has 1 aromatic rings. The molecule has 104 valence electrons. The first-order valence-corrected chi connectivity index (χ1v) is 6.27. The Labute approximate surface area is 110 Å². The Hall–Kier alpha value is -2.05. The third-order valence-electron chi connectivity index (χ3n) is 3.59. The fourth-order valence-corrected chi connectivity index (χ4v) is 2.51. The van der Waals surface area contributed by atoms with Gasteiger partial charge in [0.1, 0.15) is 5.41 Å². The van der Waals surface area contributed by atoms with Crippen LogP contribution in [0.2, 0.25) is 0 Å². The second-order valence-corrected chi connectivity index (χ2v) is 4.89. The summed E-state index contributed by atoms with van der Waals surface area (Å²) in [5.74, 6) is 0.337. The molecule has 19 heavy (non-hydrogen) atoms. The van der Waals surface area contributed by atoms with Gasteiger partial charge in [0.25, 0.3) is 0 Å². The number of nitrogens with one attached hydrogen (secondary N) is 1. The number of rotatable bonds is 4. The SMILES string of the molecule is Cc1cc(CNC(=O)C2(C(N)=NO)CCCC2)on1. The summed E-state index contributed by atoms with van der Waals surface area (Å²) in [6, 6.07) is 1.76. The molecule has 0 unspecified atom stereocenters. The standard InChI is InChI=1S/C12H18N4O3/c1-8-6-9(19-16-8)7-14-11(17)12(10(13)15-18)4-2-3-5-12/h6,18H,2-5,7H2,1H3,(H2,13,15)(H,14,17). The number of hydrogen-bond donors (Lipinski definition) is 3. The number of hydrogen-bond acceptors (Lipinski definition) is 5. The van der Waals surface area contributed by atoms with Crippen LogP contribution in [0.4, 0.5) is 0 Å². The maximum Gasteiger partial charge on any atom is 0.234 e. The van der Waals surface area contributed by atoms with Crippen molar-refractivity contribution < 1.29 is 14.5 Å². The fraction of sp³-hybridized carbons (Fsp3) is 0.583. The molecule has 4 N–H and O–H groups in total. The van der Waals surface area contributed by atoms with Crippen LogP contribution >= 0.6 is 0 Å². The molecular formula is C12H18N4O3. The summed E-state index contributed by atoms with van der Waals surface area (Å²) in [5.41, 5.74) is 5.57. The molecule has 0 spiro atoms. The quantitative estimate of drug-likeness (QED) is 0.324. The molecule has 0 atom stereocenters. The Balaban J connectivity index is 2.04. The van der Waals surface area contributed by atoms with Gasteiger partial charge in [-0.25, -0.2) is 0 Å². The van der Waals surface area contributed by atoms with Crippen LogP contribution in [0.5, 0.6) is 0 Å². The van der Waals surface area contributed by atoms with Crippen molar-refractivity contribution in [1.82, 2.24) is 10.5 Å². The third kappa shape index (κ3) is 2.54. The summed E-state index contributed by atoms with van der Waals surface area (Å²) in [5, 5.41) is 18.4. The number of aromatic nitrogens is 1. The van der Waals surface area contributed by atoms with Crippen molar-refractivity contribution in [2.24, 2.45) is 16.3 Å². The van der Waals surface area contributed by atoms with Crippen LogP contribution in [-0.4, -0.2) is 22.1 Å². The van der Waals surface area contributed by atoms with E-state index in [1.807, 2.05) is 6.92 Å². The predicted octanol–water partition coefficient (Wildman–Crippen LogP) is 0.906. The van der Waals surface area contributed by atoms with E-state index in [2.05, 4.69) is 15.6 Å². The van der Waals surface area contributed by atoms with Crippen LogP contribution in [0.15, 0.2) is 15.7 Å². The van der Waals surface area contributed by atoms with Gasteiger partial charge >= 0.3 is 0 Å². The molecule has 2 rings (SSSR count). The zero-order valence-electron chi connectivity index (χ0n) is 10.8. The largest absolute Gasteiger partial charge is 0.409 e. The summed E-state index contributed by atoms with van der Waals surface area (Å²) in [7, 11) is 0. The normalized spacial score (nSPS) is 18.5. The van der Waals surface area contributed by atoms with E-state index in [4.69, 9.17) is 15.5 Å². The van der Waals surface area contributed by atoms with Crippen LogP contribution < -0.4 is 11.1 Å². The molecule has 1 aliphatic carbocycles. The minimum absolute atomic E-state index is 0.0174. The summed E-state index contributed by atoms with van der Waals surface area (Å²) in [6.45, 7) is 2.06. The zero-order chi connectivity index (χ0) is 13.9. The van der Waals surface area contributed by atoms with Crippen molar-refractivity contribution >= 4 is 11.7 Å². The Morgan fingerprint density at radius 1 is 1.63 bits per heavy atom. The van der Waals surface area contributed by atoms with Gasteiger partial charge in [0.2, 0.25) is 5.91 Å². The Morgan fingerprint density at radius 3 is 2.84 bits per heavy atom. The van der Waals surface area contributed by atoms with Gasteiger partial charge in [-0.2, -0.15) is 0 Å². The van der Waals surface area contributed by atoms with Crippen molar-refractivity contribution in [3.05, 3.63) is 17.5 Å². The van der Waals surface area contributed by atoms with Gasteiger partial charge in [0.15, 0.2) is 11.6 Å². The molecular weight excluding hydrogens is 248 g/mol. The van der Waals surface area contributed by atoms with E-state index in [0.717, 1.165) is 18.5 Å². The van der Waals surface area contributed by atoms with Crippen LogP contribution in [0.3, 0.4) is 0 Å². The molecule has 7 heteroatoms. The maximum atomic E-state index is 12.3. The van der Waals surface area contributed by atoms with E-state index in [1.165, 1.54) is 0 Å². The lowest BCUT2D eigenvalue weighted by Gasteiger charge is -2.25. The van der Waals surface area contributed by atoms with E-state index < -0.39 is 5.41 Å². The lowest BCUT2D eigenvalue weighted by atomic mass is 9.84. The fourth-order valence-electron chi connectivity index (χ4n) is 2.51. The van der Waals surface area contributed by atoms with E-state index >= 15 is 0 Å². The van der Waals surface area contributed by atoms with E-state index in [9.17, 15) is 4.79 Å². The molecule has 1 aromatic heterocycles. The average molecular weight is 266 g/mol. The number of carbonyl (C=O) groups excluding carboxylic acids is 1. The Morgan fingerprint density at radius 2 is 2.32 bits per heavy atom. The van der Waals surface area contributed by atoms with E-state index in [-0.39, 0.29) is 18.3 Å². The monoisotopic (exact) mass is 266 g/mol. The summed E-state index contributed by atoms with van der Waals surface area (Å²) < 4.78 is 5.02. The average Bonchev–Trinajstić information content (AvgIpc) is 3.04. The smallest absolute Gasteiger partial charge is 0.234 e. The minimum Gasteiger partial charge on any atom is -0.409 e. The van der Waals surface area contributed by atoms with Crippen molar-refractivity contribution in [3.63, 3.8) is 0 Å². The van der Waals surface area contributed by atoms with E-state index in [0.29, 0.717) is 18.6 Å². The zero-order valence-corrected chi connectivity index (χ0v) is 10.8. The second kappa shape index (κ2) is 5.29. The molecule has 1 heterocycles. The molecule has 7 nitrogen and oxygen atoms in total. The molecule has 0 bridgehead atoms. The molecule has 1 fully saturated rings. The number of aryl methyl sites for hydroxylation is 1. The second-order valence-electron chi connectivity index (χ2n) is 4.89. The number of amidine groups is 1. The number of carbonyl (C=O) groups is 1. The molecule has 1 aliphatic rings. The van der Waals surface area contributed by atoms with Gasteiger partial charge in [-0.05, 0) is 19.8 Å². The highest BCUT2D eigenvalue weighted by molar-refractivity contribution is 6.06. The summed E-state index contributed by atoms with van der Waals surface area (Å²) in [4.78, 5) is 12.3. The van der Waals surface area contributed by atoms with Gasteiger partial charge in [-0.15, -0.1) is 0 Å². The van der Waals surface area contributed by atoms with Crippen LogP contribution in [0.25, 0.3) is 0 Å². The summed E-state index contributed by atoms with van der Waals surface area (Å²) >= 11 is 0. The lowest BCUT2D eigenvalue weighted by molar-refractivity contribution is -0.127. The number of nitrogens with two attached hydrogens (primary N) is 1.